The van der Waals surface area contributed by atoms with Crippen LogP contribution in [0.5, 0.6) is 5.75 Å². The van der Waals surface area contributed by atoms with E-state index in [0.29, 0.717) is 19.7 Å². The lowest BCUT2D eigenvalue weighted by molar-refractivity contribution is -0.158. The fourth-order valence-corrected chi connectivity index (χ4v) is 4.83. The molecule has 2 bridgehead atoms. The lowest BCUT2D eigenvalue weighted by Crippen LogP contribution is -2.46. The fraction of sp³-hybridized carbons (Fsp3) is 0.619. The SMILES string of the molecule is CCOC(=O)[C@@]1(CC)C[C@H]2CC[C@@H]1N2CC(=O)NCc1ccccc1OC. The molecule has 3 rings (SSSR count). The lowest BCUT2D eigenvalue weighted by atomic mass is 9.72. The van der Waals surface area contributed by atoms with E-state index in [1.54, 1.807) is 7.11 Å². The van der Waals surface area contributed by atoms with Gasteiger partial charge in [-0.05, 0) is 38.7 Å². The number of methoxy groups -OCH3 is 1. The molecule has 3 atom stereocenters. The van der Waals surface area contributed by atoms with Crippen LogP contribution in [-0.2, 0) is 20.9 Å². The predicted octanol–water partition coefficient (Wildman–Crippen LogP) is 2.51. The van der Waals surface area contributed by atoms with Crippen molar-refractivity contribution < 1.29 is 19.1 Å². The molecular formula is C21H30N2O4. The van der Waals surface area contributed by atoms with E-state index in [-0.39, 0.29) is 24.0 Å². The summed E-state index contributed by atoms with van der Waals surface area (Å²) in [4.78, 5) is 27.4. The second-order valence-electron chi connectivity index (χ2n) is 7.44. The molecule has 2 aliphatic heterocycles. The van der Waals surface area contributed by atoms with Crippen LogP contribution in [-0.4, -0.2) is 49.1 Å². The average molecular weight is 374 g/mol. The van der Waals surface area contributed by atoms with Gasteiger partial charge in [0, 0.05) is 24.2 Å². The minimum Gasteiger partial charge on any atom is -0.496 e. The first-order chi connectivity index (χ1) is 13.1. The molecule has 0 aromatic heterocycles. The van der Waals surface area contributed by atoms with Gasteiger partial charge >= 0.3 is 5.97 Å². The largest absolute Gasteiger partial charge is 0.496 e. The van der Waals surface area contributed by atoms with Crippen LogP contribution in [0.1, 0.15) is 45.1 Å². The number of nitrogens with zero attached hydrogens (tertiary/aromatic N) is 1. The van der Waals surface area contributed by atoms with E-state index in [1.165, 1.54) is 0 Å². The molecule has 0 aliphatic carbocycles. The Morgan fingerprint density at radius 2 is 2.04 bits per heavy atom. The number of rotatable bonds is 8. The zero-order valence-electron chi connectivity index (χ0n) is 16.5. The van der Waals surface area contributed by atoms with Crippen LogP contribution in [0.2, 0.25) is 0 Å². The summed E-state index contributed by atoms with van der Waals surface area (Å²) in [5.74, 6) is 0.652. The molecule has 1 aromatic rings. The Bertz CT molecular complexity index is 693. The number of amides is 1. The van der Waals surface area contributed by atoms with E-state index in [2.05, 4.69) is 17.1 Å². The molecule has 0 spiro atoms. The van der Waals surface area contributed by atoms with E-state index in [1.807, 2.05) is 31.2 Å². The molecule has 0 unspecified atom stereocenters. The lowest BCUT2D eigenvalue weighted by Gasteiger charge is -2.34. The molecule has 148 valence electrons. The van der Waals surface area contributed by atoms with Crippen molar-refractivity contribution in [3.05, 3.63) is 29.8 Å². The maximum atomic E-state index is 12.6. The van der Waals surface area contributed by atoms with Gasteiger partial charge in [0.15, 0.2) is 0 Å². The van der Waals surface area contributed by atoms with Crippen molar-refractivity contribution >= 4 is 11.9 Å². The summed E-state index contributed by atoms with van der Waals surface area (Å²) in [6.45, 7) is 5.06. The Kier molecular flexibility index (Phi) is 6.05. The molecule has 1 amide bonds. The maximum Gasteiger partial charge on any atom is 0.313 e. The highest BCUT2D eigenvalue weighted by Crippen LogP contribution is 2.52. The number of hydrogen-bond donors (Lipinski definition) is 1. The molecular weight excluding hydrogens is 344 g/mol. The van der Waals surface area contributed by atoms with Crippen LogP contribution in [0.15, 0.2) is 24.3 Å². The van der Waals surface area contributed by atoms with Crippen molar-refractivity contribution in [3.63, 3.8) is 0 Å². The predicted molar refractivity (Wildman–Crippen MR) is 102 cm³/mol. The Balaban J connectivity index is 1.62. The number of carbonyl (C=O) groups is 2. The fourth-order valence-electron chi connectivity index (χ4n) is 4.83. The molecule has 2 fully saturated rings. The number of hydrogen-bond acceptors (Lipinski definition) is 5. The third kappa shape index (κ3) is 3.68. The van der Waals surface area contributed by atoms with E-state index in [9.17, 15) is 9.59 Å². The smallest absolute Gasteiger partial charge is 0.313 e. The monoisotopic (exact) mass is 374 g/mol. The van der Waals surface area contributed by atoms with Gasteiger partial charge < -0.3 is 14.8 Å². The summed E-state index contributed by atoms with van der Waals surface area (Å²) in [5, 5.41) is 2.99. The third-order valence-electron chi connectivity index (χ3n) is 6.19. The molecule has 2 aliphatic rings. The van der Waals surface area contributed by atoms with Crippen molar-refractivity contribution in [2.24, 2.45) is 5.41 Å². The van der Waals surface area contributed by atoms with Crippen LogP contribution in [0.3, 0.4) is 0 Å². The first-order valence-corrected chi connectivity index (χ1v) is 9.87. The van der Waals surface area contributed by atoms with Crippen molar-refractivity contribution in [1.29, 1.82) is 0 Å². The van der Waals surface area contributed by atoms with Crippen molar-refractivity contribution in [2.75, 3.05) is 20.3 Å². The van der Waals surface area contributed by atoms with Crippen molar-refractivity contribution in [1.82, 2.24) is 10.2 Å². The number of fused-ring (bicyclic) bond motifs is 2. The van der Waals surface area contributed by atoms with E-state index >= 15 is 0 Å². The van der Waals surface area contributed by atoms with Crippen LogP contribution in [0, 0.1) is 5.41 Å². The number of carbonyl (C=O) groups excluding carboxylic acids is 2. The molecule has 2 heterocycles. The van der Waals surface area contributed by atoms with Crippen LogP contribution < -0.4 is 10.1 Å². The van der Waals surface area contributed by atoms with E-state index in [4.69, 9.17) is 9.47 Å². The number of nitrogens with one attached hydrogen (secondary N) is 1. The molecule has 2 saturated heterocycles. The molecule has 1 N–H and O–H groups in total. The topological polar surface area (TPSA) is 67.9 Å². The van der Waals surface area contributed by atoms with Gasteiger partial charge in [0.2, 0.25) is 5.91 Å². The van der Waals surface area contributed by atoms with Crippen LogP contribution in [0.25, 0.3) is 0 Å². The summed E-state index contributed by atoms with van der Waals surface area (Å²) in [7, 11) is 1.63. The number of benzene rings is 1. The second kappa shape index (κ2) is 8.30. The highest BCUT2D eigenvalue weighted by molar-refractivity contribution is 5.81. The summed E-state index contributed by atoms with van der Waals surface area (Å²) in [6, 6.07) is 8.06. The molecule has 0 radical (unpaired) electrons. The first kappa shape index (κ1) is 19.7. The minimum absolute atomic E-state index is 0.0198. The van der Waals surface area contributed by atoms with Gasteiger partial charge in [0.1, 0.15) is 5.75 Å². The Morgan fingerprint density at radius 1 is 1.26 bits per heavy atom. The molecule has 6 heteroatoms. The Morgan fingerprint density at radius 3 is 2.74 bits per heavy atom. The molecule has 27 heavy (non-hydrogen) atoms. The van der Waals surface area contributed by atoms with Gasteiger partial charge in [-0.1, -0.05) is 25.1 Å². The zero-order valence-corrected chi connectivity index (χ0v) is 16.5. The highest BCUT2D eigenvalue weighted by atomic mass is 16.5. The summed E-state index contributed by atoms with van der Waals surface area (Å²) in [5.41, 5.74) is 0.495. The van der Waals surface area contributed by atoms with Gasteiger partial charge in [-0.3, -0.25) is 14.5 Å². The Hall–Kier alpha value is -2.08. The van der Waals surface area contributed by atoms with E-state index < -0.39 is 5.41 Å². The normalized spacial score (nSPS) is 26.8. The number of ether oxygens (including phenoxy) is 2. The van der Waals surface area contributed by atoms with Crippen molar-refractivity contribution in [2.45, 2.75) is 58.2 Å². The zero-order chi connectivity index (χ0) is 19.4. The van der Waals surface area contributed by atoms with E-state index in [0.717, 1.165) is 37.0 Å². The summed E-state index contributed by atoms with van der Waals surface area (Å²) < 4.78 is 10.7. The standard InChI is InChI=1S/C21H30N2O4/c1-4-21(20(25)27-5-2)12-16-10-11-18(21)23(16)14-19(24)22-13-15-8-6-7-9-17(15)26-3/h6-9,16,18H,4-5,10-14H2,1-3H3,(H,22,24)/t16-,18+,21+/m1/s1. The van der Waals surface area contributed by atoms with Gasteiger partial charge in [0.05, 0.1) is 25.7 Å². The van der Waals surface area contributed by atoms with Crippen LogP contribution >= 0.6 is 0 Å². The minimum atomic E-state index is -0.456. The van der Waals surface area contributed by atoms with Gasteiger partial charge in [-0.25, -0.2) is 0 Å². The molecule has 0 saturated carbocycles. The van der Waals surface area contributed by atoms with Gasteiger partial charge in [-0.15, -0.1) is 0 Å². The average Bonchev–Trinajstić information content (AvgIpc) is 3.21. The van der Waals surface area contributed by atoms with Crippen LogP contribution in [0.4, 0.5) is 0 Å². The molecule has 1 aromatic carbocycles. The molecule has 6 nitrogen and oxygen atoms in total. The maximum absolute atomic E-state index is 12.6. The quantitative estimate of drug-likeness (QED) is 0.708. The van der Waals surface area contributed by atoms with Gasteiger partial charge in [-0.2, -0.15) is 0 Å². The highest BCUT2D eigenvalue weighted by Gasteiger charge is 2.59. The second-order valence-corrected chi connectivity index (χ2v) is 7.44. The van der Waals surface area contributed by atoms with Crippen molar-refractivity contribution in [3.8, 4) is 5.75 Å². The first-order valence-electron chi connectivity index (χ1n) is 9.87. The number of para-hydroxylation sites is 1. The summed E-state index contributed by atoms with van der Waals surface area (Å²) >= 11 is 0. The Labute approximate surface area is 161 Å². The third-order valence-corrected chi connectivity index (χ3v) is 6.19. The summed E-state index contributed by atoms with van der Waals surface area (Å²) in [6.07, 6.45) is 3.56. The number of esters is 1. The van der Waals surface area contributed by atoms with Gasteiger partial charge in [0.25, 0.3) is 0 Å².